The third kappa shape index (κ3) is 7.06. The molecule has 29 heavy (non-hydrogen) atoms. The molecule has 0 atom stereocenters. The molecular weight excluding hydrogens is 362 g/mol. The van der Waals surface area contributed by atoms with Crippen molar-refractivity contribution in [2.75, 3.05) is 19.7 Å². The number of ether oxygens (including phenoxy) is 1. The number of fused-ring (bicyclic) bond motifs is 1. The van der Waals surface area contributed by atoms with Gasteiger partial charge in [-0.15, -0.1) is 0 Å². The van der Waals surface area contributed by atoms with Crippen molar-refractivity contribution in [3.05, 3.63) is 71.3 Å². The summed E-state index contributed by atoms with van der Waals surface area (Å²) in [4.78, 5) is 10.6. The summed E-state index contributed by atoms with van der Waals surface area (Å²) in [7, 11) is 0. The summed E-state index contributed by atoms with van der Waals surface area (Å²) in [6, 6.07) is 17.0. The molecule has 2 aromatic rings. The third-order valence-corrected chi connectivity index (χ3v) is 5.29. The molecule has 0 amide bonds. The van der Waals surface area contributed by atoms with Gasteiger partial charge >= 0.3 is 5.97 Å². The molecule has 0 unspecified atom stereocenters. The van der Waals surface area contributed by atoms with Crippen LogP contribution in [0.5, 0.6) is 5.75 Å². The van der Waals surface area contributed by atoms with Crippen LogP contribution >= 0.6 is 0 Å². The highest BCUT2D eigenvalue weighted by molar-refractivity contribution is 5.71. The lowest BCUT2D eigenvalue weighted by Crippen LogP contribution is -2.20. The van der Waals surface area contributed by atoms with Crippen molar-refractivity contribution < 1.29 is 14.6 Å². The van der Waals surface area contributed by atoms with Gasteiger partial charge in [-0.05, 0) is 79.5 Å². The first kappa shape index (κ1) is 21.1. The zero-order valence-corrected chi connectivity index (χ0v) is 17.0. The molecule has 0 saturated heterocycles. The van der Waals surface area contributed by atoms with E-state index >= 15 is 0 Å². The highest BCUT2D eigenvalue weighted by Gasteiger charge is 2.13. The number of unbranched alkanes of at least 4 members (excludes halogenated alkanes) is 1. The predicted octanol–water partition coefficient (Wildman–Crippen LogP) is 4.87. The van der Waals surface area contributed by atoms with Crippen LogP contribution < -0.4 is 10.1 Å². The number of hydrogen-bond donors (Lipinski definition) is 2. The van der Waals surface area contributed by atoms with Gasteiger partial charge in [-0.25, -0.2) is 0 Å². The fourth-order valence-electron chi connectivity index (χ4n) is 3.74. The summed E-state index contributed by atoms with van der Waals surface area (Å²) in [5.41, 5.74) is 5.41. The topological polar surface area (TPSA) is 58.6 Å². The van der Waals surface area contributed by atoms with Gasteiger partial charge < -0.3 is 15.2 Å². The Balaban J connectivity index is 1.41. The van der Waals surface area contributed by atoms with Crippen molar-refractivity contribution >= 4 is 11.5 Å². The highest BCUT2D eigenvalue weighted by atomic mass is 16.5. The number of aliphatic carboxylic acids is 1. The third-order valence-electron chi connectivity index (χ3n) is 5.29. The van der Waals surface area contributed by atoms with Gasteiger partial charge in [0.15, 0.2) is 0 Å². The monoisotopic (exact) mass is 393 g/mol. The van der Waals surface area contributed by atoms with Gasteiger partial charge in [-0.3, -0.25) is 4.79 Å². The van der Waals surface area contributed by atoms with E-state index < -0.39 is 5.97 Å². The number of nitrogens with one attached hydrogen (secondary N) is 1. The van der Waals surface area contributed by atoms with E-state index in [0.717, 1.165) is 57.4 Å². The van der Waals surface area contributed by atoms with E-state index in [2.05, 4.69) is 59.9 Å². The van der Waals surface area contributed by atoms with E-state index in [4.69, 9.17) is 9.84 Å². The molecule has 1 aliphatic carbocycles. The molecule has 2 N–H and O–H groups in total. The predicted molar refractivity (Wildman–Crippen MR) is 117 cm³/mol. The Hall–Kier alpha value is -2.59. The molecule has 4 nitrogen and oxygen atoms in total. The molecular formula is C25H31NO3. The number of carboxylic acids is 1. The first-order valence-corrected chi connectivity index (χ1v) is 10.6. The lowest BCUT2D eigenvalue weighted by Gasteiger charge is -2.19. The van der Waals surface area contributed by atoms with E-state index in [0.29, 0.717) is 6.54 Å². The fourth-order valence-corrected chi connectivity index (χ4v) is 3.74. The summed E-state index contributed by atoms with van der Waals surface area (Å²) in [6.07, 6.45) is 8.80. The number of allylic oxidation sites excluding steroid dienone is 1. The summed E-state index contributed by atoms with van der Waals surface area (Å²) < 4.78 is 5.99. The second-order valence-corrected chi connectivity index (χ2v) is 7.52. The molecule has 154 valence electrons. The van der Waals surface area contributed by atoms with Crippen molar-refractivity contribution in [2.45, 2.75) is 44.9 Å². The largest absolute Gasteiger partial charge is 0.494 e. The van der Waals surface area contributed by atoms with Gasteiger partial charge in [-0.2, -0.15) is 0 Å². The quantitative estimate of drug-likeness (QED) is 0.505. The minimum atomic E-state index is -0.757. The summed E-state index contributed by atoms with van der Waals surface area (Å²) in [5, 5.41) is 11.9. The molecule has 0 heterocycles. The molecule has 0 aromatic heterocycles. The fraction of sp³-hybridized carbons (Fsp3) is 0.400. The summed E-state index contributed by atoms with van der Waals surface area (Å²) in [5.74, 6) is 0.205. The Labute approximate surface area is 173 Å². The molecule has 1 aliphatic rings. The maximum atomic E-state index is 10.6. The Morgan fingerprint density at radius 2 is 1.90 bits per heavy atom. The Morgan fingerprint density at radius 1 is 1.03 bits per heavy atom. The van der Waals surface area contributed by atoms with Crippen molar-refractivity contribution in [3.63, 3.8) is 0 Å². The molecule has 0 spiro atoms. The second-order valence-electron chi connectivity index (χ2n) is 7.52. The number of carbonyl (C=O) groups is 1. The number of carboxylic acid groups (broad SMARTS) is 1. The average Bonchev–Trinajstić information content (AvgIpc) is 2.73. The van der Waals surface area contributed by atoms with Gasteiger partial charge in [0.2, 0.25) is 0 Å². The number of aryl methyl sites for hydroxylation is 2. The van der Waals surface area contributed by atoms with Gasteiger partial charge in [0, 0.05) is 6.54 Å². The maximum Gasteiger partial charge on any atom is 0.304 e. The second kappa shape index (κ2) is 11.4. The van der Waals surface area contributed by atoms with Crippen LogP contribution in [0, 0.1) is 0 Å². The van der Waals surface area contributed by atoms with Crippen molar-refractivity contribution in [3.8, 4) is 5.75 Å². The maximum absolute atomic E-state index is 10.6. The summed E-state index contributed by atoms with van der Waals surface area (Å²) >= 11 is 0. The standard InChI is InChI=1S/C25H31NO3/c27-25(28)15-17-26-16-14-21-10-6-11-22-19-23(12-13-24(21)22)29-18-5-4-9-20-7-2-1-3-8-20/h1-3,7-8,10,12-13,19,26H,4-6,9,11,14-18H2,(H,27,28). The molecule has 0 fully saturated rings. The van der Waals surface area contributed by atoms with Gasteiger partial charge in [0.05, 0.1) is 13.0 Å². The molecule has 0 radical (unpaired) electrons. The molecule has 0 saturated carbocycles. The van der Waals surface area contributed by atoms with Gasteiger partial charge in [0.1, 0.15) is 5.75 Å². The zero-order valence-electron chi connectivity index (χ0n) is 17.0. The van der Waals surface area contributed by atoms with E-state index in [1.165, 1.54) is 22.3 Å². The molecule has 4 heteroatoms. The smallest absolute Gasteiger partial charge is 0.304 e. The number of rotatable bonds is 12. The number of hydrogen-bond acceptors (Lipinski definition) is 3. The number of benzene rings is 2. The minimum absolute atomic E-state index is 0.168. The van der Waals surface area contributed by atoms with Crippen LogP contribution in [-0.2, 0) is 17.6 Å². The molecule has 0 aliphatic heterocycles. The zero-order chi connectivity index (χ0) is 20.3. The van der Waals surface area contributed by atoms with E-state index in [1.54, 1.807) is 0 Å². The summed E-state index contributed by atoms with van der Waals surface area (Å²) in [6.45, 7) is 2.08. The average molecular weight is 394 g/mol. The van der Waals surface area contributed by atoms with Crippen molar-refractivity contribution in [1.82, 2.24) is 5.32 Å². The van der Waals surface area contributed by atoms with Crippen LogP contribution in [0.15, 0.2) is 54.6 Å². The van der Waals surface area contributed by atoms with Crippen LogP contribution in [0.25, 0.3) is 5.57 Å². The van der Waals surface area contributed by atoms with Crippen LogP contribution in [0.2, 0.25) is 0 Å². The molecule has 2 aromatic carbocycles. The first-order chi connectivity index (χ1) is 14.2. The van der Waals surface area contributed by atoms with Crippen molar-refractivity contribution in [2.24, 2.45) is 0 Å². The van der Waals surface area contributed by atoms with E-state index in [-0.39, 0.29) is 6.42 Å². The minimum Gasteiger partial charge on any atom is -0.494 e. The van der Waals surface area contributed by atoms with Crippen LogP contribution in [0.4, 0.5) is 0 Å². The lowest BCUT2D eigenvalue weighted by atomic mass is 9.89. The SMILES string of the molecule is O=C(O)CCNCCC1=CCCc2cc(OCCCCc3ccccc3)ccc21. The Kier molecular flexibility index (Phi) is 8.32. The lowest BCUT2D eigenvalue weighted by molar-refractivity contribution is -0.136. The highest BCUT2D eigenvalue weighted by Crippen LogP contribution is 2.31. The van der Waals surface area contributed by atoms with E-state index in [1.807, 2.05) is 0 Å². The Bertz CT molecular complexity index is 814. The normalized spacial score (nSPS) is 12.9. The van der Waals surface area contributed by atoms with Crippen molar-refractivity contribution in [1.29, 1.82) is 0 Å². The Morgan fingerprint density at radius 3 is 2.72 bits per heavy atom. The van der Waals surface area contributed by atoms with Gasteiger partial charge in [-0.1, -0.05) is 42.5 Å². The van der Waals surface area contributed by atoms with Gasteiger partial charge in [0.25, 0.3) is 0 Å². The van der Waals surface area contributed by atoms with Crippen LogP contribution in [0.1, 0.15) is 48.8 Å². The first-order valence-electron chi connectivity index (χ1n) is 10.6. The van der Waals surface area contributed by atoms with E-state index in [9.17, 15) is 4.79 Å². The molecule has 0 bridgehead atoms. The van der Waals surface area contributed by atoms with Crippen LogP contribution in [0.3, 0.4) is 0 Å². The molecule has 3 rings (SSSR count). The van der Waals surface area contributed by atoms with Crippen LogP contribution in [-0.4, -0.2) is 30.8 Å².